The molecule has 0 saturated heterocycles. The lowest BCUT2D eigenvalue weighted by atomic mass is 9.75. The molecule has 1 atom stereocenters. The van der Waals surface area contributed by atoms with Gasteiger partial charge in [0.25, 0.3) is 0 Å². The van der Waals surface area contributed by atoms with Crippen LogP contribution in [0, 0.1) is 33.1 Å². The highest BCUT2D eigenvalue weighted by molar-refractivity contribution is 5.68. The lowest BCUT2D eigenvalue weighted by Gasteiger charge is -2.33. The van der Waals surface area contributed by atoms with Crippen molar-refractivity contribution in [2.24, 2.45) is 11.1 Å². The molecule has 0 aromatic heterocycles. The van der Waals surface area contributed by atoms with Crippen LogP contribution in [0.2, 0.25) is 0 Å². The second-order valence-corrected chi connectivity index (χ2v) is 6.21. The molecule has 1 rings (SSSR count). The maximum Gasteiger partial charge on any atom is 0.303 e. The third kappa shape index (κ3) is 3.16. The zero-order valence-electron chi connectivity index (χ0n) is 12.8. The molecule has 0 heterocycles. The van der Waals surface area contributed by atoms with Crippen molar-refractivity contribution in [3.8, 4) is 0 Å². The summed E-state index contributed by atoms with van der Waals surface area (Å²) in [4.78, 5) is 11.0. The molecular formula is C16H25NO2. The highest BCUT2D eigenvalue weighted by Gasteiger charge is 2.32. The van der Waals surface area contributed by atoms with Gasteiger partial charge < -0.3 is 10.8 Å². The van der Waals surface area contributed by atoms with Crippen molar-refractivity contribution >= 4 is 5.97 Å². The molecule has 0 amide bonds. The molecule has 0 saturated carbocycles. The molecule has 0 fully saturated rings. The van der Waals surface area contributed by atoms with Crippen molar-refractivity contribution in [2.45, 2.75) is 54.0 Å². The maximum atomic E-state index is 11.0. The van der Waals surface area contributed by atoms with Gasteiger partial charge in [0.15, 0.2) is 0 Å². The average Bonchev–Trinajstić information content (AvgIpc) is 2.25. The third-order valence-corrected chi connectivity index (χ3v) is 4.18. The van der Waals surface area contributed by atoms with Gasteiger partial charge in [0.05, 0.1) is 6.42 Å². The van der Waals surface area contributed by atoms with Crippen molar-refractivity contribution < 1.29 is 9.90 Å². The Morgan fingerprint density at radius 3 is 2.00 bits per heavy atom. The minimum absolute atomic E-state index is 0.0695. The summed E-state index contributed by atoms with van der Waals surface area (Å²) in [6.45, 7) is 12.1. The molecule has 3 N–H and O–H groups in total. The molecule has 106 valence electrons. The first kappa shape index (κ1) is 15.7. The number of aryl methyl sites for hydroxylation is 2. The van der Waals surface area contributed by atoms with E-state index in [1.54, 1.807) is 0 Å². The average molecular weight is 263 g/mol. The fourth-order valence-electron chi connectivity index (χ4n) is 2.60. The predicted molar refractivity (Wildman–Crippen MR) is 78.4 cm³/mol. The first-order valence-corrected chi connectivity index (χ1v) is 6.62. The largest absolute Gasteiger partial charge is 0.481 e. The van der Waals surface area contributed by atoms with Gasteiger partial charge in [0.1, 0.15) is 0 Å². The molecule has 0 radical (unpaired) electrons. The fraction of sp³-hybridized carbons (Fsp3) is 0.562. The van der Waals surface area contributed by atoms with Gasteiger partial charge in [0, 0.05) is 6.04 Å². The number of hydrogen-bond acceptors (Lipinski definition) is 2. The molecule has 0 aliphatic carbocycles. The number of nitrogens with two attached hydrogens (primary N) is 1. The van der Waals surface area contributed by atoms with E-state index >= 15 is 0 Å². The van der Waals surface area contributed by atoms with Crippen LogP contribution < -0.4 is 5.73 Å². The van der Waals surface area contributed by atoms with Crippen LogP contribution in [0.5, 0.6) is 0 Å². The minimum atomic E-state index is -0.805. The standard InChI is InChI=1S/C16H25NO2/c1-9-7-10(2)12(4)14(11(9)3)15(17)16(5,6)8-13(18)19/h7,15H,8,17H2,1-6H3,(H,18,19). The lowest BCUT2D eigenvalue weighted by molar-refractivity contribution is -0.139. The number of carboxylic acid groups (broad SMARTS) is 1. The topological polar surface area (TPSA) is 63.3 Å². The summed E-state index contributed by atoms with van der Waals surface area (Å²) in [5.41, 5.74) is 11.8. The van der Waals surface area contributed by atoms with Crippen LogP contribution in [0.4, 0.5) is 0 Å². The van der Waals surface area contributed by atoms with Gasteiger partial charge in [-0.15, -0.1) is 0 Å². The smallest absolute Gasteiger partial charge is 0.303 e. The van der Waals surface area contributed by atoms with E-state index < -0.39 is 11.4 Å². The van der Waals surface area contributed by atoms with E-state index in [9.17, 15) is 4.79 Å². The molecule has 1 aromatic carbocycles. The molecule has 1 unspecified atom stereocenters. The summed E-state index contributed by atoms with van der Waals surface area (Å²) in [5, 5.41) is 9.04. The predicted octanol–water partition coefficient (Wildman–Crippen LogP) is 3.42. The first-order valence-electron chi connectivity index (χ1n) is 6.62. The summed E-state index contributed by atoms with van der Waals surface area (Å²) < 4.78 is 0. The van der Waals surface area contributed by atoms with Crippen molar-refractivity contribution in [1.29, 1.82) is 0 Å². The second-order valence-electron chi connectivity index (χ2n) is 6.21. The van der Waals surface area contributed by atoms with E-state index in [1.807, 2.05) is 13.8 Å². The van der Waals surface area contributed by atoms with Gasteiger partial charge in [-0.2, -0.15) is 0 Å². The van der Waals surface area contributed by atoms with Crippen LogP contribution >= 0.6 is 0 Å². The minimum Gasteiger partial charge on any atom is -0.481 e. The molecular weight excluding hydrogens is 238 g/mol. The molecule has 0 bridgehead atoms. The van der Waals surface area contributed by atoms with Gasteiger partial charge in [-0.1, -0.05) is 19.9 Å². The number of benzene rings is 1. The Bertz CT molecular complexity index is 478. The quantitative estimate of drug-likeness (QED) is 0.875. The van der Waals surface area contributed by atoms with Crippen LogP contribution in [0.1, 0.15) is 54.1 Å². The van der Waals surface area contributed by atoms with Crippen LogP contribution in [0.15, 0.2) is 6.07 Å². The van der Waals surface area contributed by atoms with Crippen LogP contribution in [0.3, 0.4) is 0 Å². The van der Waals surface area contributed by atoms with E-state index in [0.717, 1.165) is 5.56 Å². The number of hydrogen-bond donors (Lipinski definition) is 2. The first-order chi connectivity index (χ1) is 8.58. The number of carboxylic acids is 1. The normalized spacial score (nSPS) is 13.4. The Kier molecular flexibility index (Phi) is 4.41. The zero-order valence-corrected chi connectivity index (χ0v) is 12.8. The van der Waals surface area contributed by atoms with Crippen molar-refractivity contribution in [2.75, 3.05) is 0 Å². The number of aliphatic carboxylic acids is 1. The molecule has 19 heavy (non-hydrogen) atoms. The van der Waals surface area contributed by atoms with E-state index in [0.29, 0.717) is 0 Å². The second kappa shape index (κ2) is 5.33. The number of carbonyl (C=O) groups is 1. The van der Waals surface area contributed by atoms with Crippen LogP contribution in [0.25, 0.3) is 0 Å². The molecule has 1 aromatic rings. The van der Waals surface area contributed by atoms with Crippen LogP contribution in [-0.2, 0) is 4.79 Å². The van der Waals surface area contributed by atoms with E-state index in [4.69, 9.17) is 10.8 Å². The summed E-state index contributed by atoms with van der Waals surface area (Å²) in [6, 6.07) is 1.88. The van der Waals surface area contributed by atoms with Crippen LogP contribution in [-0.4, -0.2) is 11.1 Å². The van der Waals surface area contributed by atoms with Gasteiger partial charge in [0.2, 0.25) is 0 Å². The highest BCUT2D eigenvalue weighted by atomic mass is 16.4. The Labute approximate surface area is 115 Å². The van der Waals surface area contributed by atoms with Gasteiger partial charge in [-0.25, -0.2) is 0 Å². The lowest BCUT2D eigenvalue weighted by Crippen LogP contribution is -2.33. The van der Waals surface area contributed by atoms with E-state index in [-0.39, 0.29) is 12.5 Å². The highest BCUT2D eigenvalue weighted by Crippen LogP contribution is 2.38. The fourth-order valence-corrected chi connectivity index (χ4v) is 2.60. The monoisotopic (exact) mass is 263 g/mol. The van der Waals surface area contributed by atoms with Gasteiger partial charge in [-0.05, 0) is 60.9 Å². The Morgan fingerprint density at radius 1 is 1.21 bits per heavy atom. The summed E-state index contributed by atoms with van der Waals surface area (Å²) in [7, 11) is 0. The SMILES string of the molecule is Cc1cc(C)c(C)c(C(N)C(C)(C)CC(=O)O)c1C. The third-order valence-electron chi connectivity index (χ3n) is 4.18. The zero-order chi connectivity index (χ0) is 15.0. The van der Waals surface area contributed by atoms with Gasteiger partial charge in [-0.3, -0.25) is 4.79 Å². The van der Waals surface area contributed by atoms with Crippen molar-refractivity contribution in [1.82, 2.24) is 0 Å². The van der Waals surface area contributed by atoms with Crippen molar-refractivity contribution in [3.05, 3.63) is 33.9 Å². The van der Waals surface area contributed by atoms with Crippen molar-refractivity contribution in [3.63, 3.8) is 0 Å². The Balaban J connectivity index is 3.34. The van der Waals surface area contributed by atoms with Gasteiger partial charge >= 0.3 is 5.97 Å². The summed E-state index contributed by atoms with van der Waals surface area (Å²) >= 11 is 0. The summed E-state index contributed by atoms with van der Waals surface area (Å²) in [5.74, 6) is -0.805. The number of rotatable bonds is 4. The van der Waals surface area contributed by atoms with E-state index in [2.05, 4.69) is 33.8 Å². The summed E-state index contributed by atoms with van der Waals surface area (Å²) in [6.07, 6.45) is 0.0695. The molecule has 0 aliphatic rings. The maximum absolute atomic E-state index is 11.0. The molecule has 0 aliphatic heterocycles. The Morgan fingerprint density at radius 2 is 1.63 bits per heavy atom. The molecule has 3 nitrogen and oxygen atoms in total. The molecule has 3 heteroatoms. The Hall–Kier alpha value is -1.35. The molecule has 0 spiro atoms. The van der Waals surface area contributed by atoms with E-state index in [1.165, 1.54) is 22.3 Å².